The van der Waals surface area contributed by atoms with Gasteiger partial charge in [-0.25, -0.2) is 0 Å². The van der Waals surface area contributed by atoms with E-state index in [2.05, 4.69) is 27.8 Å². The molecule has 0 unspecified atom stereocenters. The summed E-state index contributed by atoms with van der Waals surface area (Å²) in [6.07, 6.45) is 2.51. The molecule has 0 aliphatic carbocycles. The van der Waals surface area contributed by atoms with Gasteiger partial charge in [-0.15, -0.1) is 6.58 Å². The minimum absolute atomic E-state index is 0.201. The fourth-order valence-corrected chi connectivity index (χ4v) is 1.12. The van der Waals surface area contributed by atoms with E-state index in [1.165, 1.54) is 0 Å². The van der Waals surface area contributed by atoms with Crippen molar-refractivity contribution in [3.8, 4) is 0 Å². The third-order valence-electron chi connectivity index (χ3n) is 1.43. The number of carbonyl (C=O) groups is 1. The maximum absolute atomic E-state index is 11.3. The summed E-state index contributed by atoms with van der Waals surface area (Å²) in [7, 11) is 0. The van der Waals surface area contributed by atoms with E-state index in [4.69, 9.17) is 4.42 Å². The van der Waals surface area contributed by atoms with Gasteiger partial charge < -0.3 is 9.73 Å². The summed E-state index contributed by atoms with van der Waals surface area (Å²) in [5.74, 6) is 0.114. The van der Waals surface area contributed by atoms with E-state index in [1.54, 1.807) is 18.2 Å². The second-order valence-corrected chi connectivity index (χ2v) is 3.22. The van der Waals surface area contributed by atoms with Crippen LogP contribution in [-0.2, 0) is 0 Å². The Balaban J connectivity index is 2.44. The van der Waals surface area contributed by atoms with Crippen LogP contribution in [0.1, 0.15) is 17.0 Å². The van der Waals surface area contributed by atoms with Crippen LogP contribution in [0.15, 0.2) is 33.9 Å². The zero-order valence-corrected chi connectivity index (χ0v) is 8.63. The Hall–Kier alpha value is -1.03. The summed E-state index contributed by atoms with van der Waals surface area (Å²) in [5.41, 5.74) is 0. The molecule has 1 aromatic rings. The average Bonchev–Trinajstić information content (AvgIpc) is 2.52. The normalized spacial score (nSPS) is 9.62. The number of halogens is 1. The van der Waals surface area contributed by atoms with Gasteiger partial charge in [0.2, 0.25) is 0 Å². The number of hydrogen-bond acceptors (Lipinski definition) is 2. The van der Waals surface area contributed by atoms with Gasteiger partial charge in [0, 0.05) is 6.54 Å². The highest BCUT2D eigenvalue weighted by Gasteiger charge is 2.08. The Morgan fingerprint density at radius 2 is 2.46 bits per heavy atom. The molecule has 1 aromatic heterocycles. The predicted molar refractivity (Wildman–Crippen MR) is 53.6 cm³/mol. The first kappa shape index (κ1) is 10.1. The third-order valence-corrected chi connectivity index (χ3v) is 1.86. The Kier molecular flexibility index (Phi) is 3.76. The second kappa shape index (κ2) is 4.87. The molecule has 1 N–H and O–H groups in total. The molecule has 0 fully saturated rings. The number of amides is 1. The molecular formula is C9H10BrNO2. The molecule has 1 amide bonds. The topological polar surface area (TPSA) is 42.2 Å². The molecule has 0 saturated carbocycles. The first-order valence-electron chi connectivity index (χ1n) is 3.88. The molecule has 13 heavy (non-hydrogen) atoms. The maximum Gasteiger partial charge on any atom is 0.287 e. The van der Waals surface area contributed by atoms with Crippen molar-refractivity contribution in [3.05, 3.63) is 35.2 Å². The van der Waals surface area contributed by atoms with Crippen molar-refractivity contribution in [1.29, 1.82) is 0 Å². The van der Waals surface area contributed by atoms with E-state index in [1.807, 2.05) is 0 Å². The molecule has 3 nitrogen and oxygen atoms in total. The Labute approximate surface area is 84.9 Å². The van der Waals surface area contributed by atoms with Crippen LogP contribution in [0.3, 0.4) is 0 Å². The van der Waals surface area contributed by atoms with Crippen LogP contribution >= 0.6 is 15.9 Å². The smallest absolute Gasteiger partial charge is 0.287 e. The zero-order chi connectivity index (χ0) is 9.68. The Morgan fingerprint density at radius 3 is 3.00 bits per heavy atom. The minimum Gasteiger partial charge on any atom is -0.444 e. The van der Waals surface area contributed by atoms with Gasteiger partial charge >= 0.3 is 0 Å². The van der Waals surface area contributed by atoms with Gasteiger partial charge in [-0.05, 0) is 34.5 Å². The SMILES string of the molecule is C=CCCNC(=O)c1ccc(Br)o1. The van der Waals surface area contributed by atoms with Crippen LogP contribution in [0.2, 0.25) is 0 Å². The molecule has 0 aromatic carbocycles. The summed E-state index contributed by atoms with van der Waals surface area (Å²) >= 11 is 3.12. The lowest BCUT2D eigenvalue weighted by atomic mass is 10.4. The molecule has 0 bridgehead atoms. The van der Waals surface area contributed by atoms with Crippen molar-refractivity contribution in [2.24, 2.45) is 0 Å². The standard InChI is InChI=1S/C9H10BrNO2/c1-2-3-6-11-9(12)7-4-5-8(10)13-7/h2,4-5H,1,3,6H2,(H,11,12). The highest BCUT2D eigenvalue weighted by molar-refractivity contribution is 9.10. The van der Waals surface area contributed by atoms with Gasteiger partial charge in [0.1, 0.15) is 0 Å². The number of hydrogen-bond donors (Lipinski definition) is 1. The predicted octanol–water partition coefficient (Wildman–Crippen LogP) is 2.35. The molecule has 70 valence electrons. The van der Waals surface area contributed by atoms with Gasteiger partial charge in [0.25, 0.3) is 5.91 Å². The van der Waals surface area contributed by atoms with Crippen LogP contribution < -0.4 is 5.32 Å². The van der Waals surface area contributed by atoms with Gasteiger partial charge in [-0.1, -0.05) is 6.08 Å². The Morgan fingerprint density at radius 1 is 1.69 bits per heavy atom. The summed E-state index contributed by atoms with van der Waals surface area (Å²) in [6.45, 7) is 4.14. The van der Waals surface area contributed by atoms with Crippen LogP contribution in [0.4, 0.5) is 0 Å². The van der Waals surface area contributed by atoms with Crippen molar-refractivity contribution < 1.29 is 9.21 Å². The first-order chi connectivity index (χ1) is 6.24. The molecule has 1 heterocycles. The number of rotatable bonds is 4. The summed E-state index contributed by atoms with van der Waals surface area (Å²) in [6, 6.07) is 3.30. The highest BCUT2D eigenvalue weighted by atomic mass is 79.9. The quantitative estimate of drug-likeness (QED) is 0.652. The molecule has 0 saturated heterocycles. The van der Waals surface area contributed by atoms with Crippen molar-refractivity contribution in [2.75, 3.05) is 6.54 Å². The first-order valence-corrected chi connectivity index (χ1v) is 4.68. The monoisotopic (exact) mass is 243 g/mol. The highest BCUT2D eigenvalue weighted by Crippen LogP contribution is 2.13. The largest absolute Gasteiger partial charge is 0.444 e. The van der Waals surface area contributed by atoms with E-state index in [0.717, 1.165) is 6.42 Å². The molecule has 0 spiro atoms. The molecule has 1 rings (SSSR count). The van der Waals surface area contributed by atoms with Crippen molar-refractivity contribution in [3.63, 3.8) is 0 Å². The fourth-order valence-electron chi connectivity index (χ4n) is 0.811. The molecule has 0 atom stereocenters. The van der Waals surface area contributed by atoms with E-state index in [9.17, 15) is 4.79 Å². The van der Waals surface area contributed by atoms with Crippen LogP contribution in [0.25, 0.3) is 0 Å². The van der Waals surface area contributed by atoms with Gasteiger partial charge in [0.15, 0.2) is 10.4 Å². The molecular weight excluding hydrogens is 234 g/mol. The van der Waals surface area contributed by atoms with E-state index in [0.29, 0.717) is 17.0 Å². The minimum atomic E-state index is -0.201. The summed E-state index contributed by atoms with van der Waals surface area (Å²) in [4.78, 5) is 11.3. The van der Waals surface area contributed by atoms with Crippen molar-refractivity contribution >= 4 is 21.8 Å². The summed E-state index contributed by atoms with van der Waals surface area (Å²) < 4.78 is 5.61. The van der Waals surface area contributed by atoms with Crippen LogP contribution in [-0.4, -0.2) is 12.5 Å². The molecule has 0 aliphatic rings. The van der Waals surface area contributed by atoms with Gasteiger partial charge in [0.05, 0.1) is 0 Å². The van der Waals surface area contributed by atoms with E-state index in [-0.39, 0.29) is 5.91 Å². The van der Waals surface area contributed by atoms with Crippen LogP contribution in [0, 0.1) is 0 Å². The summed E-state index contributed by atoms with van der Waals surface area (Å²) in [5, 5.41) is 2.69. The molecule has 0 aliphatic heterocycles. The van der Waals surface area contributed by atoms with Gasteiger partial charge in [-0.3, -0.25) is 4.79 Å². The third kappa shape index (κ3) is 3.06. The lowest BCUT2D eigenvalue weighted by Gasteiger charge is -1.98. The van der Waals surface area contributed by atoms with Gasteiger partial charge in [-0.2, -0.15) is 0 Å². The van der Waals surface area contributed by atoms with E-state index >= 15 is 0 Å². The zero-order valence-electron chi connectivity index (χ0n) is 7.05. The van der Waals surface area contributed by atoms with E-state index < -0.39 is 0 Å². The van der Waals surface area contributed by atoms with Crippen molar-refractivity contribution in [1.82, 2.24) is 5.32 Å². The Bertz CT molecular complexity index is 306. The molecule has 0 radical (unpaired) electrons. The molecule has 4 heteroatoms. The second-order valence-electron chi connectivity index (χ2n) is 2.44. The number of furan rings is 1. The fraction of sp³-hybridized carbons (Fsp3) is 0.222. The van der Waals surface area contributed by atoms with Crippen LogP contribution in [0.5, 0.6) is 0 Å². The maximum atomic E-state index is 11.3. The number of nitrogens with one attached hydrogen (secondary N) is 1. The lowest BCUT2D eigenvalue weighted by Crippen LogP contribution is -2.23. The number of carbonyl (C=O) groups excluding carboxylic acids is 1. The van der Waals surface area contributed by atoms with Crippen molar-refractivity contribution in [2.45, 2.75) is 6.42 Å². The lowest BCUT2D eigenvalue weighted by molar-refractivity contribution is 0.0925. The average molecular weight is 244 g/mol.